The van der Waals surface area contributed by atoms with Crippen molar-refractivity contribution >= 4 is 34.2 Å². The number of hydrogen-bond donors (Lipinski definition) is 2. The first-order valence-corrected chi connectivity index (χ1v) is 6.63. The Morgan fingerprint density at radius 2 is 2.14 bits per heavy atom. The summed E-state index contributed by atoms with van der Waals surface area (Å²) in [4.78, 5) is 19.3. The summed E-state index contributed by atoms with van der Waals surface area (Å²) in [5.74, 6) is 0.399. The van der Waals surface area contributed by atoms with E-state index in [0.717, 1.165) is 11.0 Å². The topological polar surface area (TPSA) is 67.0 Å². The summed E-state index contributed by atoms with van der Waals surface area (Å²) in [6.45, 7) is 0. The number of ether oxygens (including phenoxy) is 1. The first-order chi connectivity index (χ1) is 10.2. The van der Waals surface area contributed by atoms with Crippen LogP contribution in [0.5, 0.6) is 5.75 Å². The zero-order chi connectivity index (χ0) is 14.8. The molecule has 2 aromatic carbocycles. The summed E-state index contributed by atoms with van der Waals surface area (Å²) in [5.41, 5.74) is 2.68. The normalized spacial score (nSPS) is 10.6. The van der Waals surface area contributed by atoms with Gasteiger partial charge in [-0.3, -0.25) is 4.79 Å². The third-order valence-electron chi connectivity index (χ3n) is 3.11. The molecule has 0 atom stereocenters. The highest BCUT2D eigenvalue weighted by atomic mass is 35.5. The number of anilines is 1. The number of benzene rings is 2. The molecule has 106 valence electrons. The zero-order valence-electron chi connectivity index (χ0n) is 11.2. The molecule has 2 N–H and O–H groups in total. The summed E-state index contributed by atoms with van der Waals surface area (Å²) in [6.07, 6.45) is 1.59. The molecule has 0 bridgehead atoms. The molecule has 3 rings (SSSR count). The number of carbonyl (C=O) groups excluding carboxylic acids is 1. The monoisotopic (exact) mass is 301 g/mol. The van der Waals surface area contributed by atoms with Gasteiger partial charge in [0.1, 0.15) is 5.75 Å². The van der Waals surface area contributed by atoms with Crippen molar-refractivity contribution in [3.8, 4) is 5.75 Å². The van der Waals surface area contributed by atoms with Gasteiger partial charge in [0.05, 0.1) is 35.2 Å². The molecule has 0 saturated carbocycles. The van der Waals surface area contributed by atoms with Crippen LogP contribution in [0.25, 0.3) is 11.0 Å². The van der Waals surface area contributed by atoms with E-state index in [4.69, 9.17) is 16.3 Å². The zero-order valence-corrected chi connectivity index (χ0v) is 11.9. The minimum Gasteiger partial charge on any atom is -0.497 e. The molecule has 0 saturated heterocycles. The van der Waals surface area contributed by atoms with Gasteiger partial charge >= 0.3 is 0 Å². The number of H-pyrrole nitrogens is 1. The summed E-state index contributed by atoms with van der Waals surface area (Å²) >= 11 is 6.11. The molecule has 0 fully saturated rings. The molecule has 0 unspecified atom stereocenters. The number of carbonyl (C=O) groups is 1. The number of fused-ring (bicyclic) bond motifs is 1. The van der Waals surface area contributed by atoms with E-state index < -0.39 is 0 Å². The van der Waals surface area contributed by atoms with Gasteiger partial charge < -0.3 is 15.0 Å². The minimum absolute atomic E-state index is 0.237. The fraction of sp³-hybridized carbons (Fsp3) is 0.0667. The lowest BCUT2D eigenvalue weighted by molar-refractivity contribution is 0.102. The van der Waals surface area contributed by atoms with Gasteiger partial charge in [-0.15, -0.1) is 0 Å². The van der Waals surface area contributed by atoms with Crippen LogP contribution in [0.15, 0.2) is 42.7 Å². The fourth-order valence-corrected chi connectivity index (χ4v) is 2.21. The van der Waals surface area contributed by atoms with Gasteiger partial charge in [-0.05, 0) is 30.3 Å². The Balaban J connectivity index is 1.85. The number of amides is 1. The molecule has 6 heteroatoms. The maximum atomic E-state index is 12.3. The maximum Gasteiger partial charge on any atom is 0.255 e. The molecule has 21 heavy (non-hydrogen) atoms. The molecule has 0 aliphatic rings. The van der Waals surface area contributed by atoms with Crippen LogP contribution in [0.4, 0.5) is 5.69 Å². The molecule has 1 aromatic heterocycles. The lowest BCUT2D eigenvalue weighted by Crippen LogP contribution is -2.12. The second-order valence-corrected chi connectivity index (χ2v) is 4.84. The molecule has 0 aliphatic carbocycles. The summed E-state index contributed by atoms with van der Waals surface area (Å²) < 4.78 is 5.07. The van der Waals surface area contributed by atoms with Crippen LogP contribution >= 0.6 is 11.6 Å². The van der Waals surface area contributed by atoms with Crippen LogP contribution < -0.4 is 10.1 Å². The molecule has 0 radical (unpaired) electrons. The Labute approximate surface area is 125 Å². The average molecular weight is 302 g/mol. The van der Waals surface area contributed by atoms with Crippen molar-refractivity contribution in [1.29, 1.82) is 0 Å². The van der Waals surface area contributed by atoms with Gasteiger partial charge in [0.2, 0.25) is 0 Å². The van der Waals surface area contributed by atoms with Crippen LogP contribution in [-0.4, -0.2) is 23.0 Å². The molecule has 0 aliphatic heterocycles. The molecule has 0 spiro atoms. The van der Waals surface area contributed by atoms with Crippen LogP contribution in [0.1, 0.15) is 10.4 Å². The molecule has 1 amide bonds. The predicted molar refractivity (Wildman–Crippen MR) is 82.1 cm³/mol. The van der Waals surface area contributed by atoms with Crippen molar-refractivity contribution < 1.29 is 9.53 Å². The minimum atomic E-state index is -0.237. The number of nitrogens with zero attached hydrogens (tertiary/aromatic N) is 1. The number of hydrogen-bond acceptors (Lipinski definition) is 3. The van der Waals surface area contributed by atoms with E-state index in [1.165, 1.54) is 0 Å². The van der Waals surface area contributed by atoms with E-state index in [-0.39, 0.29) is 5.91 Å². The number of methoxy groups -OCH3 is 1. The summed E-state index contributed by atoms with van der Waals surface area (Å²) in [7, 11) is 1.56. The van der Waals surface area contributed by atoms with Crippen molar-refractivity contribution in [2.75, 3.05) is 12.4 Å². The Bertz CT molecular complexity index is 814. The lowest BCUT2D eigenvalue weighted by Gasteiger charge is -2.08. The number of nitrogens with one attached hydrogen (secondary N) is 2. The maximum absolute atomic E-state index is 12.3. The quantitative estimate of drug-likeness (QED) is 0.778. The number of aromatic nitrogens is 2. The Kier molecular flexibility index (Phi) is 3.50. The molecule has 3 aromatic rings. The van der Waals surface area contributed by atoms with E-state index >= 15 is 0 Å². The summed E-state index contributed by atoms with van der Waals surface area (Å²) in [5, 5.41) is 3.20. The Hall–Kier alpha value is -2.53. The van der Waals surface area contributed by atoms with E-state index in [9.17, 15) is 4.79 Å². The van der Waals surface area contributed by atoms with Crippen molar-refractivity contribution in [3.05, 3.63) is 53.3 Å². The largest absolute Gasteiger partial charge is 0.497 e. The van der Waals surface area contributed by atoms with Crippen LogP contribution in [-0.2, 0) is 0 Å². The van der Waals surface area contributed by atoms with Gasteiger partial charge in [0.15, 0.2) is 0 Å². The van der Waals surface area contributed by atoms with Crippen LogP contribution in [0, 0.1) is 0 Å². The average Bonchev–Trinajstić information content (AvgIpc) is 2.96. The molecule has 5 nitrogen and oxygen atoms in total. The van der Waals surface area contributed by atoms with Gasteiger partial charge in [-0.2, -0.15) is 0 Å². The number of halogens is 1. The predicted octanol–water partition coefficient (Wildman–Crippen LogP) is 3.48. The first-order valence-electron chi connectivity index (χ1n) is 6.25. The first kappa shape index (κ1) is 13.5. The molecular weight excluding hydrogens is 290 g/mol. The number of imidazole rings is 1. The van der Waals surface area contributed by atoms with Gasteiger partial charge in [-0.1, -0.05) is 11.6 Å². The van der Waals surface area contributed by atoms with Crippen LogP contribution in [0.3, 0.4) is 0 Å². The van der Waals surface area contributed by atoms with Gasteiger partial charge in [-0.25, -0.2) is 4.98 Å². The Morgan fingerprint density at radius 1 is 1.29 bits per heavy atom. The van der Waals surface area contributed by atoms with Crippen molar-refractivity contribution in [2.24, 2.45) is 0 Å². The van der Waals surface area contributed by atoms with Crippen molar-refractivity contribution in [2.45, 2.75) is 0 Å². The van der Waals surface area contributed by atoms with E-state index in [0.29, 0.717) is 22.0 Å². The van der Waals surface area contributed by atoms with Crippen molar-refractivity contribution in [1.82, 2.24) is 9.97 Å². The standard InChI is InChI=1S/C15H12ClN3O2/c1-21-10-3-5-12(11(16)7-10)19-15(20)9-2-4-13-14(6-9)18-8-17-13/h2-8H,1H3,(H,17,18)(H,19,20). The van der Waals surface area contributed by atoms with E-state index in [1.807, 2.05) is 0 Å². The van der Waals surface area contributed by atoms with Crippen LogP contribution in [0.2, 0.25) is 5.02 Å². The van der Waals surface area contributed by atoms with Gasteiger partial charge in [0, 0.05) is 11.6 Å². The SMILES string of the molecule is COc1ccc(NC(=O)c2ccc3nc[nH]c3c2)c(Cl)c1. The van der Waals surface area contributed by atoms with E-state index in [2.05, 4.69) is 15.3 Å². The smallest absolute Gasteiger partial charge is 0.255 e. The fourth-order valence-electron chi connectivity index (χ4n) is 2.00. The molecular formula is C15H12ClN3O2. The number of rotatable bonds is 3. The number of aromatic amines is 1. The highest BCUT2D eigenvalue weighted by Gasteiger charge is 2.10. The highest BCUT2D eigenvalue weighted by molar-refractivity contribution is 6.34. The summed E-state index contributed by atoms with van der Waals surface area (Å²) in [6, 6.07) is 10.3. The second-order valence-electron chi connectivity index (χ2n) is 4.43. The second kappa shape index (κ2) is 5.46. The highest BCUT2D eigenvalue weighted by Crippen LogP contribution is 2.27. The molecule has 1 heterocycles. The Morgan fingerprint density at radius 3 is 2.90 bits per heavy atom. The lowest BCUT2D eigenvalue weighted by atomic mass is 10.2. The van der Waals surface area contributed by atoms with E-state index in [1.54, 1.807) is 49.8 Å². The van der Waals surface area contributed by atoms with Crippen molar-refractivity contribution in [3.63, 3.8) is 0 Å². The third kappa shape index (κ3) is 2.68. The third-order valence-corrected chi connectivity index (χ3v) is 3.42. The van der Waals surface area contributed by atoms with Gasteiger partial charge in [0.25, 0.3) is 5.91 Å².